The van der Waals surface area contributed by atoms with Gasteiger partial charge < -0.3 is 20.6 Å². The molecule has 0 spiro atoms. The minimum atomic E-state index is -1.11. The number of hydrogen-bond donors (Lipinski definition) is 3. The lowest BCUT2D eigenvalue weighted by Gasteiger charge is -2.19. The number of aromatic carboxylic acids is 1. The first kappa shape index (κ1) is 16.9. The van der Waals surface area contributed by atoms with Crippen molar-refractivity contribution < 1.29 is 14.7 Å². The van der Waals surface area contributed by atoms with Crippen molar-refractivity contribution in [1.82, 2.24) is 10.2 Å². The third-order valence-electron chi connectivity index (χ3n) is 2.56. The summed E-state index contributed by atoms with van der Waals surface area (Å²) < 4.78 is 1.11. The zero-order chi connectivity index (χ0) is 15.3. The molecule has 3 N–H and O–H groups in total. The van der Waals surface area contributed by atoms with Crippen LogP contribution in [0.5, 0.6) is 0 Å². The molecule has 0 saturated heterocycles. The van der Waals surface area contributed by atoms with Gasteiger partial charge in [0, 0.05) is 29.1 Å². The van der Waals surface area contributed by atoms with Crippen LogP contribution in [-0.4, -0.2) is 49.2 Å². The predicted octanol–water partition coefficient (Wildman–Crippen LogP) is 2.59. The molecule has 0 aliphatic carbocycles. The topological polar surface area (TPSA) is 81.7 Å². The largest absolute Gasteiger partial charge is 0.478 e. The fraction of sp³-hybridized carbons (Fsp3) is 0.333. The number of hydrogen-bond acceptors (Lipinski definition) is 3. The summed E-state index contributed by atoms with van der Waals surface area (Å²) in [4.78, 5) is 24.7. The van der Waals surface area contributed by atoms with Gasteiger partial charge in [0.15, 0.2) is 0 Å². The molecule has 1 rings (SSSR count). The Morgan fingerprint density at radius 3 is 2.55 bits per heavy atom. The van der Waals surface area contributed by atoms with Gasteiger partial charge in [-0.05, 0) is 35.1 Å². The summed E-state index contributed by atoms with van der Waals surface area (Å²) in [6.07, 6.45) is 0. The number of anilines is 1. The molecule has 0 saturated carbocycles. The van der Waals surface area contributed by atoms with Crippen LogP contribution in [0.4, 0.5) is 10.5 Å². The number of nitrogens with zero attached hydrogens (tertiary/aromatic N) is 1. The number of nitrogens with one attached hydrogen (secondary N) is 2. The zero-order valence-electron chi connectivity index (χ0n) is 11.0. The SMILES string of the molecule is CNCCN(C)C(=O)Nc1c(Br)cc(Br)cc1C(=O)O. The quantitative estimate of drug-likeness (QED) is 0.699. The van der Waals surface area contributed by atoms with E-state index in [1.807, 2.05) is 0 Å². The van der Waals surface area contributed by atoms with Crippen LogP contribution in [0.1, 0.15) is 10.4 Å². The Bertz CT molecular complexity index is 523. The molecule has 0 heterocycles. The van der Waals surface area contributed by atoms with E-state index in [2.05, 4.69) is 42.5 Å². The molecule has 0 radical (unpaired) electrons. The van der Waals surface area contributed by atoms with Crippen molar-refractivity contribution in [3.8, 4) is 0 Å². The molecule has 20 heavy (non-hydrogen) atoms. The second-order valence-electron chi connectivity index (χ2n) is 4.07. The maximum atomic E-state index is 12.0. The Kier molecular flexibility index (Phi) is 6.44. The molecule has 6 nitrogen and oxygen atoms in total. The van der Waals surface area contributed by atoms with Gasteiger partial charge in [0.05, 0.1) is 11.3 Å². The highest BCUT2D eigenvalue weighted by Crippen LogP contribution is 2.31. The first-order chi connectivity index (χ1) is 9.36. The number of carboxylic acid groups (broad SMARTS) is 1. The number of benzene rings is 1. The third-order valence-corrected chi connectivity index (χ3v) is 3.64. The van der Waals surface area contributed by atoms with Gasteiger partial charge in [-0.1, -0.05) is 15.9 Å². The van der Waals surface area contributed by atoms with Crippen LogP contribution in [0.25, 0.3) is 0 Å². The highest BCUT2D eigenvalue weighted by molar-refractivity contribution is 9.11. The summed E-state index contributed by atoms with van der Waals surface area (Å²) in [6, 6.07) is 2.75. The van der Waals surface area contributed by atoms with E-state index < -0.39 is 5.97 Å². The molecule has 0 fully saturated rings. The van der Waals surface area contributed by atoms with Crippen molar-refractivity contribution in [2.75, 3.05) is 32.5 Å². The first-order valence-corrected chi connectivity index (χ1v) is 7.34. The van der Waals surface area contributed by atoms with Crippen molar-refractivity contribution in [2.24, 2.45) is 0 Å². The van der Waals surface area contributed by atoms with Crippen LogP contribution in [0.15, 0.2) is 21.1 Å². The Morgan fingerprint density at radius 2 is 2.00 bits per heavy atom. The summed E-state index contributed by atoms with van der Waals surface area (Å²) >= 11 is 6.48. The number of likely N-dealkylation sites (N-methyl/N-ethyl adjacent to an activating group) is 2. The molecule has 0 bridgehead atoms. The molecule has 0 unspecified atom stereocenters. The molecular formula is C12H15Br2N3O3. The van der Waals surface area contributed by atoms with Crippen molar-refractivity contribution in [1.29, 1.82) is 0 Å². The summed E-state index contributed by atoms with van der Waals surface area (Å²) in [7, 11) is 3.43. The van der Waals surface area contributed by atoms with Crippen LogP contribution in [-0.2, 0) is 0 Å². The molecule has 2 amide bonds. The van der Waals surface area contributed by atoms with Gasteiger partial charge in [0.2, 0.25) is 0 Å². The number of carbonyl (C=O) groups is 2. The molecule has 1 aromatic carbocycles. The lowest BCUT2D eigenvalue weighted by molar-refractivity contribution is 0.0698. The maximum Gasteiger partial charge on any atom is 0.337 e. The monoisotopic (exact) mass is 407 g/mol. The van der Waals surface area contributed by atoms with E-state index >= 15 is 0 Å². The van der Waals surface area contributed by atoms with Crippen LogP contribution >= 0.6 is 31.9 Å². The van der Waals surface area contributed by atoms with Gasteiger partial charge >= 0.3 is 12.0 Å². The molecule has 0 atom stereocenters. The number of carbonyl (C=O) groups excluding carboxylic acids is 1. The molecule has 1 aromatic rings. The normalized spacial score (nSPS) is 10.2. The predicted molar refractivity (Wildman–Crippen MR) is 84.4 cm³/mol. The minimum absolute atomic E-state index is 0.0154. The van der Waals surface area contributed by atoms with Gasteiger partial charge in [-0.15, -0.1) is 0 Å². The molecule has 0 aliphatic heterocycles. The maximum absolute atomic E-state index is 12.0. The second kappa shape index (κ2) is 7.61. The van der Waals surface area contributed by atoms with Crippen molar-refractivity contribution >= 4 is 49.5 Å². The van der Waals surface area contributed by atoms with E-state index in [1.165, 1.54) is 11.0 Å². The summed E-state index contributed by atoms with van der Waals surface area (Å²) in [5.41, 5.74) is 0.253. The van der Waals surface area contributed by atoms with Crippen LogP contribution in [0, 0.1) is 0 Å². The van der Waals surface area contributed by atoms with Crippen LogP contribution in [0.2, 0.25) is 0 Å². The first-order valence-electron chi connectivity index (χ1n) is 5.76. The molecule has 8 heteroatoms. The summed E-state index contributed by atoms with van der Waals surface area (Å²) in [5, 5.41) is 14.7. The Balaban J connectivity index is 2.97. The lowest BCUT2D eigenvalue weighted by Crippen LogP contribution is -2.36. The van der Waals surface area contributed by atoms with Crippen molar-refractivity contribution in [3.05, 3.63) is 26.6 Å². The fourth-order valence-corrected chi connectivity index (χ4v) is 2.78. The smallest absolute Gasteiger partial charge is 0.337 e. The van der Waals surface area contributed by atoms with E-state index in [0.717, 1.165) is 0 Å². The highest BCUT2D eigenvalue weighted by Gasteiger charge is 2.18. The Hall–Kier alpha value is -1.12. The van der Waals surface area contributed by atoms with E-state index in [4.69, 9.17) is 0 Å². The molecule has 0 aromatic heterocycles. The zero-order valence-corrected chi connectivity index (χ0v) is 14.2. The fourth-order valence-electron chi connectivity index (χ4n) is 1.45. The van der Waals surface area contributed by atoms with E-state index in [9.17, 15) is 14.7 Å². The van der Waals surface area contributed by atoms with Gasteiger partial charge in [0.1, 0.15) is 0 Å². The van der Waals surface area contributed by atoms with Gasteiger partial charge in [-0.3, -0.25) is 0 Å². The molecule has 0 aliphatic rings. The van der Waals surface area contributed by atoms with E-state index in [1.54, 1.807) is 20.2 Å². The minimum Gasteiger partial charge on any atom is -0.478 e. The van der Waals surface area contributed by atoms with Crippen molar-refractivity contribution in [3.63, 3.8) is 0 Å². The van der Waals surface area contributed by atoms with Crippen molar-refractivity contribution in [2.45, 2.75) is 0 Å². The second-order valence-corrected chi connectivity index (χ2v) is 5.84. The van der Waals surface area contributed by atoms with Gasteiger partial charge in [-0.2, -0.15) is 0 Å². The Morgan fingerprint density at radius 1 is 1.35 bits per heavy atom. The van der Waals surface area contributed by atoms with Gasteiger partial charge in [0.25, 0.3) is 0 Å². The summed E-state index contributed by atoms with van der Waals surface area (Å²) in [5.74, 6) is -1.11. The standard InChI is InChI=1S/C12H15Br2N3O3/c1-15-3-4-17(2)12(20)16-10-8(11(18)19)5-7(13)6-9(10)14/h5-6,15H,3-4H2,1-2H3,(H,16,20)(H,18,19). The average molecular weight is 409 g/mol. The third kappa shape index (κ3) is 4.46. The van der Waals surface area contributed by atoms with Crippen LogP contribution < -0.4 is 10.6 Å². The summed E-state index contributed by atoms with van der Waals surface area (Å²) in [6.45, 7) is 1.16. The Labute approximate surface area is 133 Å². The molecular weight excluding hydrogens is 394 g/mol. The average Bonchev–Trinajstić information content (AvgIpc) is 2.38. The number of rotatable bonds is 5. The van der Waals surface area contributed by atoms with Crippen LogP contribution in [0.3, 0.4) is 0 Å². The van der Waals surface area contributed by atoms with E-state index in [0.29, 0.717) is 22.0 Å². The lowest BCUT2D eigenvalue weighted by atomic mass is 10.2. The van der Waals surface area contributed by atoms with E-state index in [-0.39, 0.29) is 17.3 Å². The number of halogens is 2. The molecule has 110 valence electrons. The van der Waals surface area contributed by atoms with Gasteiger partial charge in [-0.25, -0.2) is 9.59 Å². The highest BCUT2D eigenvalue weighted by atomic mass is 79.9. The number of amides is 2. The number of urea groups is 1. The number of carboxylic acids is 1.